The molecular weight excluding hydrogens is 554 g/mol. The first-order chi connectivity index (χ1) is 20.2. The van der Waals surface area contributed by atoms with Crippen LogP contribution in [0, 0.1) is 29.1 Å². The lowest BCUT2D eigenvalue weighted by atomic mass is 9.80. The molecule has 1 aliphatic rings. The normalized spacial score (nSPS) is 18.5. The van der Waals surface area contributed by atoms with E-state index in [9.17, 15) is 19.5 Å². The van der Waals surface area contributed by atoms with Crippen LogP contribution in [0.5, 0.6) is 11.5 Å². The molecule has 1 heterocycles. The van der Waals surface area contributed by atoms with Crippen molar-refractivity contribution < 1.29 is 38.4 Å². The number of nitrogens with two attached hydrogens (primary N) is 1. The minimum atomic E-state index is -1.04. The van der Waals surface area contributed by atoms with Crippen molar-refractivity contribution in [3.63, 3.8) is 0 Å². The Bertz CT molecular complexity index is 1060. The van der Waals surface area contributed by atoms with Gasteiger partial charge >= 0.3 is 6.09 Å². The van der Waals surface area contributed by atoms with E-state index in [1.165, 1.54) is 4.90 Å². The van der Waals surface area contributed by atoms with E-state index < -0.39 is 35.5 Å². The van der Waals surface area contributed by atoms with Gasteiger partial charge in [0.15, 0.2) is 11.5 Å². The second kappa shape index (κ2) is 16.7. The fraction of sp³-hybridized carbons (Fsp3) is 0.719. The number of carbonyl (C=O) groups excluding carboxylic acids is 2. The summed E-state index contributed by atoms with van der Waals surface area (Å²) in [4.78, 5) is 38.6. The fourth-order valence-electron chi connectivity index (χ4n) is 5.29. The number of nitrogens with one attached hydrogen (secondary N) is 1. The molecule has 0 saturated carbocycles. The highest BCUT2D eigenvalue weighted by Gasteiger charge is 2.42. The number of carboxylic acid groups (broad SMARTS) is 1. The fourth-order valence-corrected chi connectivity index (χ4v) is 5.29. The van der Waals surface area contributed by atoms with Crippen LogP contribution >= 0.6 is 0 Å². The van der Waals surface area contributed by atoms with Crippen LogP contribution in [0.4, 0.5) is 4.79 Å². The molecule has 4 N–H and O–H groups in total. The van der Waals surface area contributed by atoms with Crippen molar-refractivity contribution in [2.45, 2.75) is 79.4 Å². The Labute approximate surface area is 256 Å². The van der Waals surface area contributed by atoms with Crippen molar-refractivity contribution in [2.75, 3.05) is 40.7 Å². The van der Waals surface area contributed by atoms with Crippen molar-refractivity contribution in [3.05, 3.63) is 23.8 Å². The summed E-state index contributed by atoms with van der Waals surface area (Å²) >= 11 is 0. The Morgan fingerprint density at radius 1 is 1.09 bits per heavy atom. The zero-order valence-electron chi connectivity index (χ0n) is 27.2. The molecule has 1 aliphatic heterocycles. The predicted octanol–water partition coefficient (Wildman–Crippen LogP) is 4.31. The van der Waals surface area contributed by atoms with Crippen LogP contribution in [0.15, 0.2) is 18.2 Å². The first kappa shape index (κ1) is 36.1. The van der Waals surface area contributed by atoms with Gasteiger partial charge in [-0.15, -0.1) is 0 Å². The summed E-state index contributed by atoms with van der Waals surface area (Å²) in [5.41, 5.74) is 5.66. The third-order valence-electron chi connectivity index (χ3n) is 8.47. The van der Waals surface area contributed by atoms with E-state index in [4.69, 9.17) is 24.7 Å². The SMILES string of the molecule is COCCCOc1cc(CC(CC2C(CC(C(=O)NCC(C)(C)C(N)=O)C(C)C)OCN2C(=O)O)C(C)C)ccc1OC. The van der Waals surface area contributed by atoms with E-state index in [0.29, 0.717) is 44.0 Å². The molecule has 3 amide bonds. The molecule has 11 heteroatoms. The number of methoxy groups -OCH3 is 2. The number of ether oxygens (including phenoxy) is 4. The van der Waals surface area contributed by atoms with E-state index in [1.54, 1.807) is 28.1 Å². The molecule has 1 aromatic rings. The van der Waals surface area contributed by atoms with Gasteiger partial charge < -0.3 is 35.1 Å². The van der Waals surface area contributed by atoms with Gasteiger partial charge in [-0.25, -0.2) is 4.79 Å². The average Bonchev–Trinajstić information content (AvgIpc) is 3.34. The van der Waals surface area contributed by atoms with Gasteiger partial charge in [0.2, 0.25) is 11.8 Å². The smallest absolute Gasteiger partial charge is 0.409 e. The molecule has 43 heavy (non-hydrogen) atoms. The van der Waals surface area contributed by atoms with Gasteiger partial charge in [-0.1, -0.05) is 33.8 Å². The molecule has 0 aromatic heterocycles. The minimum Gasteiger partial charge on any atom is -0.493 e. The number of carbonyl (C=O) groups is 3. The van der Waals surface area contributed by atoms with Crippen LogP contribution in [0.25, 0.3) is 0 Å². The molecule has 11 nitrogen and oxygen atoms in total. The summed E-state index contributed by atoms with van der Waals surface area (Å²) in [5, 5.41) is 12.9. The Balaban J connectivity index is 2.23. The summed E-state index contributed by atoms with van der Waals surface area (Å²) < 4.78 is 22.6. The van der Waals surface area contributed by atoms with Gasteiger partial charge in [0.1, 0.15) is 6.73 Å². The first-order valence-electron chi connectivity index (χ1n) is 15.2. The molecular formula is C32H53N3O8. The van der Waals surface area contributed by atoms with Gasteiger partial charge in [0, 0.05) is 32.6 Å². The molecule has 4 unspecified atom stereocenters. The van der Waals surface area contributed by atoms with E-state index in [-0.39, 0.29) is 36.9 Å². The summed E-state index contributed by atoms with van der Waals surface area (Å²) in [7, 11) is 3.27. The molecule has 0 spiro atoms. The molecule has 1 saturated heterocycles. The maximum absolute atomic E-state index is 13.3. The maximum atomic E-state index is 13.3. The lowest BCUT2D eigenvalue weighted by Crippen LogP contribution is -2.46. The quantitative estimate of drug-likeness (QED) is 0.209. The van der Waals surface area contributed by atoms with Gasteiger partial charge in [0.25, 0.3) is 0 Å². The standard InChI is InChI=1S/C32H53N3O8/c1-20(2)23(14-22-10-11-26(41-8)28(15-22)42-13-9-12-40-7)16-25-27(43-19-35(25)31(38)39)17-24(21(3)4)29(36)34-18-32(5,6)30(33)37/h10-11,15,20-21,23-25,27H,9,12-14,16-19H2,1-8H3,(H2,33,37)(H,34,36)(H,38,39). The molecule has 0 radical (unpaired) electrons. The Hall–Kier alpha value is -3.05. The first-order valence-corrected chi connectivity index (χ1v) is 15.2. The second-order valence-electron chi connectivity index (χ2n) is 12.8. The zero-order valence-corrected chi connectivity index (χ0v) is 27.2. The van der Waals surface area contributed by atoms with Crippen LogP contribution in [-0.2, 0) is 25.5 Å². The highest BCUT2D eigenvalue weighted by molar-refractivity contribution is 5.83. The van der Waals surface area contributed by atoms with E-state index in [1.807, 2.05) is 32.0 Å². The number of hydrogen-bond donors (Lipinski definition) is 3. The third-order valence-corrected chi connectivity index (χ3v) is 8.47. The Morgan fingerprint density at radius 2 is 1.79 bits per heavy atom. The van der Waals surface area contributed by atoms with Crippen LogP contribution in [-0.4, -0.2) is 80.8 Å². The van der Waals surface area contributed by atoms with Crippen LogP contribution in [0.2, 0.25) is 0 Å². The van der Waals surface area contributed by atoms with Crippen LogP contribution < -0.4 is 20.5 Å². The van der Waals surface area contributed by atoms with Crippen molar-refractivity contribution in [3.8, 4) is 11.5 Å². The lowest BCUT2D eigenvalue weighted by Gasteiger charge is -2.32. The largest absolute Gasteiger partial charge is 0.493 e. The lowest BCUT2D eigenvalue weighted by molar-refractivity contribution is -0.130. The van der Waals surface area contributed by atoms with Crippen molar-refractivity contribution in [1.29, 1.82) is 0 Å². The topological polar surface area (TPSA) is 150 Å². The second-order valence-corrected chi connectivity index (χ2v) is 12.8. The summed E-state index contributed by atoms with van der Waals surface area (Å²) in [5.74, 6) is 0.561. The van der Waals surface area contributed by atoms with E-state index in [2.05, 4.69) is 19.2 Å². The number of rotatable bonds is 18. The van der Waals surface area contributed by atoms with Gasteiger partial charge in [-0.3, -0.25) is 14.5 Å². The van der Waals surface area contributed by atoms with Gasteiger partial charge in [-0.2, -0.15) is 0 Å². The molecule has 0 bridgehead atoms. The van der Waals surface area contributed by atoms with Crippen molar-refractivity contribution >= 4 is 17.9 Å². The summed E-state index contributed by atoms with van der Waals surface area (Å²) in [6.07, 6.45) is 0.914. The third kappa shape index (κ3) is 10.6. The van der Waals surface area contributed by atoms with Crippen LogP contribution in [0.1, 0.15) is 66.4 Å². The van der Waals surface area contributed by atoms with Crippen LogP contribution in [0.3, 0.4) is 0 Å². The summed E-state index contributed by atoms with van der Waals surface area (Å²) in [6, 6.07) is 5.49. The van der Waals surface area contributed by atoms with E-state index >= 15 is 0 Å². The molecule has 0 aliphatic carbocycles. The number of hydrogen-bond acceptors (Lipinski definition) is 7. The number of benzene rings is 1. The Morgan fingerprint density at radius 3 is 2.35 bits per heavy atom. The maximum Gasteiger partial charge on any atom is 0.409 e. The van der Waals surface area contributed by atoms with Gasteiger partial charge in [0.05, 0.1) is 31.3 Å². The average molecular weight is 608 g/mol. The number of primary amides is 1. The Kier molecular flexibility index (Phi) is 14.0. The zero-order chi connectivity index (χ0) is 32.3. The highest BCUT2D eigenvalue weighted by atomic mass is 16.5. The number of amides is 3. The minimum absolute atomic E-state index is 0.0256. The molecule has 4 atom stereocenters. The molecule has 1 aromatic carbocycles. The van der Waals surface area contributed by atoms with E-state index in [0.717, 1.165) is 12.0 Å². The molecule has 2 rings (SSSR count). The van der Waals surface area contributed by atoms with Crippen molar-refractivity contribution in [2.24, 2.45) is 34.8 Å². The molecule has 1 fully saturated rings. The monoisotopic (exact) mass is 607 g/mol. The molecule has 244 valence electrons. The predicted molar refractivity (Wildman–Crippen MR) is 164 cm³/mol. The van der Waals surface area contributed by atoms with Gasteiger partial charge in [-0.05, 0) is 68.6 Å². The number of nitrogens with zero attached hydrogens (tertiary/aromatic N) is 1. The summed E-state index contributed by atoms with van der Waals surface area (Å²) in [6.45, 7) is 12.7. The highest BCUT2D eigenvalue weighted by Crippen LogP contribution is 2.35. The van der Waals surface area contributed by atoms with Crippen molar-refractivity contribution in [1.82, 2.24) is 10.2 Å².